The summed E-state index contributed by atoms with van der Waals surface area (Å²) in [6.45, 7) is 4.13. The predicted molar refractivity (Wildman–Crippen MR) is 88.8 cm³/mol. The van der Waals surface area contributed by atoms with Gasteiger partial charge in [0.25, 0.3) is 0 Å². The predicted octanol–water partition coefficient (Wildman–Crippen LogP) is 5.30. The molecule has 0 bridgehead atoms. The first-order valence-corrected chi connectivity index (χ1v) is 7.24. The highest BCUT2D eigenvalue weighted by molar-refractivity contribution is 6.42. The van der Waals surface area contributed by atoms with E-state index in [9.17, 15) is 0 Å². The zero-order chi connectivity index (χ0) is 15.0. The number of aryl methyl sites for hydroxylation is 2. The van der Waals surface area contributed by atoms with Crippen LogP contribution in [0.25, 0.3) is 11.0 Å². The van der Waals surface area contributed by atoms with Crippen molar-refractivity contribution in [1.82, 2.24) is 9.97 Å². The van der Waals surface area contributed by atoms with Gasteiger partial charge in [-0.3, -0.25) is 4.98 Å². The third-order valence-corrected chi connectivity index (χ3v) is 4.09. The van der Waals surface area contributed by atoms with Gasteiger partial charge in [0, 0.05) is 5.69 Å². The van der Waals surface area contributed by atoms with Gasteiger partial charge in [-0.15, -0.1) is 0 Å². The van der Waals surface area contributed by atoms with Crippen LogP contribution in [0.3, 0.4) is 0 Å². The molecule has 0 unspecified atom stereocenters. The first-order valence-electron chi connectivity index (χ1n) is 6.49. The topological polar surface area (TPSA) is 37.8 Å². The molecule has 0 aliphatic rings. The molecule has 3 rings (SSSR count). The van der Waals surface area contributed by atoms with Gasteiger partial charge < -0.3 is 5.32 Å². The average molecular weight is 318 g/mol. The van der Waals surface area contributed by atoms with Crippen molar-refractivity contribution >= 4 is 45.7 Å². The Morgan fingerprint density at radius 1 is 0.905 bits per heavy atom. The monoisotopic (exact) mass is 317 g/mol. The maximum Gasteiger partial charge on any atom is 0.149 e. The second-order valence-electron chi connectivity index (χ2n) is 4.93. The molecule has 1 N–H and O–H groups in total. The molecule has 0 saturated carbocycles. The van der Waals surface area contributed by atoms with Gasteiger partial charge in [-0.1, -0.05) is 23.2 Å². The molecular formula is C16H13Cl2N3. The Morgan fingerprint density at radius 2 is 1.62 bits per heavy atom. The van der Waals surface area contributed by atoms with E-state index in [0.29, 0.717) is 15.9 Å². The molecule has 0 fully saturated rings. The van der Waals surface area contributed by atoms with Crippen LogP contribution in [-0.4, -0.2) is 9.97 Å². The quantitative estimate of drug-likeness (QED) is 0.697. The van der Waals surface area contributed by atoms with Gasteiger partial charge in [-0.05, 0) is 55.3 Å². The first kappa shape index (κ1) is 14.1. The molecule has 0 spiro atoms. The van der Waals surface area contributed by atoms with Crippen molar-refractivity contribution in [2.24, 2.45) is 0 Å². The molecule has 1 aromatic heterocycles. The SMILES string of the molecule is Cc1cc2ncc(Nc3ccc(Cl)c(Cl)c3)nc2cc1C. The Morgan fingerprint density at radius 3 is 2.33 bits per heavy atom. The Hall–Kier alpha value is -1.84. The summed E-state index contributed by atoms with van der Waals surface area (Å²) in [5.74, 6) is 0.671. The maximum absolute atomic E-state index is 6.01. The molecule has 106 valence electrons. The number of hydrogen-bond donors (Lipinski definition) is 1. The van der Waals surface area contributed by atoms with Crippen molar-refractivity contribution < 1.29 is 0 Å². The van der Waals surface area contributed by atoms with E-state index in [4.69, 9.17) is 23.2 Å². The minimum atomic E-state index is 0.502. The van der Waals surface area contributed by atoms with Gasteiger partial charge in [-0.2, -0.15) is 0 Å². The normalized spacial score (nSPS) is 10.9. The molecule has 0 amide bonds. The Balaban J connectivity index is 1.97. The summed E-state index contributed by atoms with van der Waals surface area (Å²) in [6, 6.07) is 9.43. The van der Waals surface area contributed by atoms with Gasteiger partial charge in [-0.25, -0.2) is 4.98 Å². The standard InChI is InChI=1S/C16H13Cl2N3/c1-9-5-14-15(6-10(9)2)21-16(8-19-14)20-11-3-4-12(17)13(18)7-11/h3-8H,1-2H3,(H,20,21). The maximum atomic E-state index is 6.01. The van der Waals surface area contributed by atoms with E-state index >= 15 is 0 Å². The Bertz CT molecular complexity index is 831. The number of hydrogen-bond acceptors (Lipinski definition) is 3. The van der Waals surface area contributed by atoms with E-state index < -0.39 is 0 Å². The van der Waals surface area contributed by atoms with Crippen LogP contribution >= 0.6 is 23.2 Å². The fourth-order valence-electron chi connectivity index (χ4n) is 2.05. The van der Waals surface area contributed by atoms with Crippen molar-refractivity contribution in [2.45, 2.75) is 13.8 Å². The highest BCUT2D eigenvalue weighted by Crippen LogP contribution is 2.27. The molecule has 21 heavy (non-hydrogen) atoms. The lowest BCUT2D eigenvalue weighted by atomic mass is 10.1. The number of anilines is 2. The average Bonchev–Trinajstić information content (AvgIpc) is 2.44. The van der Waals surface area contributed by atoms with Crippen LogP contribution in [0.1, 0.15) is 11.1 Å². The third-order valence-electron chi connectivity index (χ3n) is 3.35. The molecule has 0 aliphatic heterocycles. The molecular weight excluding hydrogens is 305 g/mol. The highest BCUT2D eigenvalue weighted by Gasteiger charge is 2.04. The lowest BCUT2D eigenvalue weighted by Crippen LogP contribution is -1.96. The smallest absolute Gasteiger partial charge is 0.149 e. The minimum Gasteiger partial charge on any atom is -0.339 e. The van der Waals surface area contributed by atoms with Gasteiger partial charge in [0.05, 0.1) is 27.3 Å². The van der Waals surface area contributed by atoms with Crippen molar-refractivity contribution in [1.29, 1.82) is 0 Å². The molecule has 5 heteroatoms. The largest absolute Gasteiger partial charge is 0.339 e. The van der Waals surface area contributed by atoms with Crippen molar-refractivity contribution in [3.63, 3.8) is 0 Å². The van der Waals surface area contributed by atoms with Gasteiger partial charge in [0.2, 0.25) is 0 Å². The number of fused-ring (bicyclic) bond motifs is 1. The minimum absolute atomic E-state index is 0.502. The zero-order valence-corrected chi connectivity index (χ0v) is 13.1. The first-order chi connectivity index (χ1) is 10.0. The number of halogens is 2. The second kappa shape index (κ2) is 5.51. The van der Waals surface area contributed by atoms with Crippen LogP contribution in [0, 0.1) is 13.8 Å². The molecule has 0 atom stereocenters. The Kier molecular flexibility index (Phi) is 3.70. The van der Waals surface area contributed by atoms with Crippen LogP contribution in [0.5, 0.6) is 0 Å². The highest BCUT2D eigenvalue weighted by atomic mass is 35.5. The molecule has 0 aliphatic carbocycles. The van der Waals surface area contributed by atoms with Crippen molar-refractivity contribution in [3.8, 4) is 0 Å². The van der Waals surface area contributed by atoms with Gasteiger partial charge >= 0.3 is 0 Å². The van der Waals surface area contributed by atoms with Gasteiger partial charge in [0.1, 0.15) is 5.82 Å². The molecule has 2 aromatic carbocycles. The summed E-state index contributed by atoms with van der Waals surface area (Å²) in [5, 5.41) is 4.21. The molecule has 0 saturated heterocycles. The van der Waals surface area contributed by atoms with E-state index in [1.54, 1.807) is 18.3 Å². The zero-order valence-electron chi connectivity index (χ0n) is 11.6. The van der Waals surface area contributed by atoms with Crippen LogP contribution < -0.4 is 5.32 Å². The second-order valence-corrected chi connectivity index (χ2v) is 5.75. The fraction of sp³-hybridized carbons (Fsp3) is 0.125. The Labute approximate surface area is 132 Å². The molecule has 0 radical (unpaired) electrons. The lowest BCUT2D eigenvalue weighted by molar-refractivity contribution is 1.25. The van der Waals surface area contributed by atoms with Crippen LogP contribution in [0.15, 0.2) is 36.5 Å². The number of benzene rings is 2. The summed E-state index contributed by atoms with van der Waals surface area (Å²) in [4.78, 5) is 9.01. The van der Waals surface area contributed by atoms with E-state index in [1.165, 1.54) is 11.1 Å². The molecule has 1 heterocycles. The van der Waals surface area contributed by atoms with E-state index in [2.05, 4.69) is 29.1 Å². The van der Waals surface area contributed by atoms with Gasteiger partial charge in [0.15, 0.2) is 0 Å². The molecule has 3 aromatic rings. The summed E-state index contributed by atoms with van der Waals surface area (Å²) in [5.41, 5.74) is 4.98. The van der Waals surface area contributed by atoms with Crippen LogP contribution in [0.4, 0.5) is 11.5 Å². The van der Waals surface area contributed by atoms with E-state index in [-0.39, 0.29) is 0 Å². The summed E-state index contributed by atoms with van der Waals surface area (Å²) >= 11 is 11.9. The number of rotatable bonds is 2. The number of aromatic nitrogens is 2. The summed E-state index contributed by atoms with van der Waals surface area (Å²) in [6.07, 6.45) is 1.71. The third kappa shape index (κ3) is 2.94. The van der Waals surface area contributed by atoms with Crippen molar-refractivity contribution in [3.05, 3.63) is 57.7 Å². The summed E-state index contributed by atoms with van der Waals surface area (Å²) < 4.78 is 0. The fourth-order valence-corrected chi connectivity index (χ4v) is 2.35. The van der Waals surface area contributed by atoms with Crippen molar-refractivity contribution in [2.75, 3.05) is 5.32 Å². The molecule has 3 nitrogen and oxygen atoms in total. The number of nitrogens with zero attached hydrogens (tertiary/aromatic N) is 2. The van der Waals surface area contributed by atoms with Crippen LogP contribution in [-0.2, 0) is 0 Å². The number of nitrogens with one attached hydrogen (secondary N) is 1. The summed E-state index contributed by atoms with van der Waals surface area (Å²) in [7, 11) is 0. The lowest BCUT2D eigenvalue weighted by Gasteiger charge is -2.08. The van der Waals surface area contributed by atoms with E-state index in [0.717, 1.165) is 16.7 Å². The van der Waals surface area contributed by atoms with E-state index in [1.807, 2.05) is 18.2 Å². The van der Waals surface area contributed by atoms with Crippen LogP contribution in [0.2, 0.25) is 10.0 Å².